The van der Waals surface area contributed by atoms with E-state index in [-0.39, 0.29) is 0 Å². The van der Waals surface area contributed by atoms with E-state index in [9.17, 15) is 0 Å². The molecule has 0 spiro atoms. The molecule has 0 aliphatic heterocycles. The van der Waals surface area contributed by atoms with Gasteiger partial charge in [0.25, 0.3) is 0 Å². The van der Waals surface area contributed by atoms with Crippen LogP contribution in [0.2, 0.25) is 0 Å². The van der Waals surface area contributed by atoms with Gasteiger partial charge in [-0.3, -0.25) is 0 Å². The Balaban J connectivity index is 2.75. The number of anilines is 1. The molecular formula is C8H8IN3. The molecule has 0 bridgehead atoms. The van der Waals surface area contributed by atoms with E-state index in [0.717, 1.165) is 11.3 Å². The minimum absolute atomic E-state index is 0.925. The van der Waals surface area contributed by atoms with Crippen molar-refractivity contribution in [3.05, 3.63) is 28.2 Å². The molecule has 1 N–H and O–H groups in total. The molecule has 0 fully saturated rings. The molecule has 0 atom stereocenters. The second-order valence-electron chi connectivity index (χ2n) is 2.48. The molecule has 2 aromatic heterocycles. The van der Waals surface area contributed by atoms with Gasteiger partial charge < -0.3 is 9.72 Å². The van der Waals surface area contributed by atoms with E-state index in [2.05, 4.69) is 45.0 Å². The zero-order chi connectivity index (χ0) is 8.55. The Morgan fingerprint density at radius 1 is 1.58 bits per heavy atom. The van der Waals surface area contributed by atoms with Crippen LogP contribution in [0.5, 0.6) is 0 Å². The van der Waals surface area contributed by atoms with Crippen LogP contribution in [-0.4, -0.2) is 16.4 Å². The molecule has 0 aliphatic rings. The summed E-state index contributed by atoms with van der Waals surface area (Å²) in [5.41, 5.74) is 1.12. The van der Waals surface area contributed by atoms with Crippen molar-refractivity contribution in [3.63, 3.8) is 0 Å². The van der Waals surface area contributed by atoms with Gasteiger partial charge in [-0.05, 0) is 34.7 Å². The predicted octanol–water partition coefficient (Wildman–Crippen LogP) is 1.98. The molecule has 2 aromatic rings. The summed E-state index contributed by atoms with van der Waals surface area (Å²) in [7, 11) is 1.88. The number of nitrogens with one attached hydrogen (secondary N) is 1. The predicted molar refractivity (Wildman–Crippen MR) is 57.5 cm³/mol. The third-order valence-electron chi connectivity index (χ3n) is 1.74. The van der Waals surface area contributed by atoms with E-state index in [0.29, 0.717) is 0 Å². The molecule has 62 valence electrons. The second-order valence-corrected chi connectivity index (χ2v) is 3.73. The van der Waals surface area contributed by atoms with Crippen molar-refractivity contribution in [3.8, 4) is 0 Å². The highest BCUT2D eigenvalue weighted by Crippen LogP contribution is 2.16. The zero-order valence-corrected chi connectivity index (χ0v) is 8.74. The lowest BCUT2D eigenvalue weighted by atomic mass is 10.4. The average molecular weight is 273 g/mol. The minimum atomic E-state index is 0.925. The van der Waals surface area contributed by atoms with Crippen molar-refractivity contribution in [2.24, 2.45) is 0 Å². The van der Waals surface area contributed by atoms with E-state index in [1.807, 2.05) is 17.6 Å². The summed E-state index contributed by atoms with van der Waals surface area (Å²) in [6.45, 7) is 0. The van der Waals surface area contributed by atoms with Crippen LogP contribution in [0.3, 0.4) is 0 Å². The number of nitrogens with zero attached hydrogens (tertiary/aromatic N) is 2. The largest absolute Gasteiger partial charge is 0.371 e. The van der Waals surface area contributed by atoms with Crippen molar-refractivity contribution in [2.45, 2.75) is 0 Å². The molecule has 4 heteroatoms. The van der Waals surface area contributed by atoms with Gasteiger partial charge in [0.05, 0.1) is 5.52 Å². The number of pyridine rings is 1. The number of hydrogen-bond donors (Lipinski definition) is 1. The lowest BCUT2D eigenvalue weighted by Crippen LogP contribution is -1.89. The first kappa shape index (κ1) is 7.85. The van der Waals surface area contributed by atoms with E-state index in [4.69, 9.17) is 0 Å². The summed E-state index contributed by atoms with van der Waals surface area (Å²) < 4.78 is 3.21. The van der Waals surface area contributed by atoms with Crippen LogP contribution in [0.15, 0.2) is 24.7 Å². The molecule has 2 rings (SSSR count). The third-order valence-corrected chi connectivity index (χ3v) is 2.41. The average Bonchev–Trinajstić information content (AvgIpc) is 2.46. The fraction of sp³-hybridized carbons (Fsp3) is 0.125. The Labute approximate surface area is 83.9 Å². The zero-order valence-electron chi connectivity index (χ0n) is 6.58. The number of hydrogen-bond acceptors (Lipinski definition) is 2. The monoisotopic (exact) mass is 273 g/mol. The van der Waals surface area contributed by atoms with E-state index < -0.39 is 0 Å². The summed E-state index contributed by atoms with van der Waals surface area (Å²) >= 11 is 2.29. The quantitative estimate of drug-likeness (QED) is 0.805. The van der Waals surface area contributed by atoms with E-state index in [1.54, 1.807) is 6.33 Å². The smallest absolute Gasteiger partial charge is 0.151 e. The van der Waals surface area contributed by atoms with Crippen molar-refractivity contribution >= 4 is 33.9 Å². The molecule has 0 aliphatic carbocycles. The van der Waals surface area contributed by atoms with Gasteiger partial charge >= 0.3 is 0 Å². The Bertz CT molecular complexity index is 408. The maximum absolute atomic E-state index is 4.20. The number of halogens is 1. The maximum atomic E-state index is 4.20. The molecule has 0 amide bonds. The molecule has 0 saturated carbocycles. The van der Waals surface area contributed by atoms with Crippen LogP contribution in [0, 0.1) is 3.57 Å². The number of imidazole rings is 1. The fourth-order valence-electron chi connectivity index (χ4n) is 1.16. The normalized spacial score (nSPS) is 10.5. The first-order valence-electron chi connectivity index (χ1n) is 3.61. The van der Waals surface area contributed by atoms with Crippen LogP contribution in [-0.2, 0) is 0 Å². The summed E-state index contributed by atoms with van der Waals surface area (Å²) in [4.78, 5) is 4.20. The van der Waals surface area contributed by atoms with Crippen molar-refractivity contribution in [1.29, 1.82) is 0 Å². The van der Waals surface area contributed by atoms with Gasteiger partial charge in [-0.1, -0.05) is 0 Å². The SMILES string of the molecule is CNc1ncn2ccc(I)cc12. The van der Waals surface area contributed by atoms with Gasteiger partial charge in [0.1, 0.15) is 6.33 Å². The van der Waals surface area contributed by atoms with Gasteiger partial charge in [-0.15, -0.1) is 0 Å². The molecule has 12 heavy (non-hydrogen) atoms. The van der Waals surface area contributed by atoms with Gasteiger partial charge in [-0.25, -0.2) is 4.98 Å². The number of fused-ring (bicyclic) bond motifs is 1. The minimum Gasteiger partial charge on any atom is -0.371 e. The summed E-state index contributed by atoms with van der Waals surface area (Å²) in [6.07, 6.45) is 3.81. The number of aromatic nitrogens is 2. The third kappa shape index (κ3) is 1.16. The molecule has 0 unspecified atom stereocenters. The Morgan fingerprint density at radius 2 is 2.42 bits per heavy atom. The van der Waals surface area contributed by atoms with E-state index in [1.165, 1.54) is 3.57 Å². The van der Waals surface area contributed by atoms with Crippen molar-refractivity contribution in [1.82, 2.24) is 9.38 Å². The standard InChI is InChI=1S/C8H8IN3/c1-10-8-7-4-6(9)2-3-12(7)5-11-8/h2-5,10H,1H3. The molecule has 2 heterocycles. The molecule has 0 saturated heterocycles. The topological polar surface area (TPSA) is 29.3 Å². The highest BCUT2D eigenvalue weighted by molar-refractivity contribution is 14.1. The summed E-state index contributed by atoms with van der Waals surface area (Å²) in [6, 6.07) is 4.15. The maximum Gasteiger partial charge on any atom is 0.151 e. The highest BCUT2D eigenvalue weighted by Gasteiger charge is 2.00. The van der Waals surface area contributed by atoms with Crippen molar-refractivity contribution < 1.29 is 0 Å². The Morgan fingerprint density at radius 3 is 3.17 bits per heavy atom. The van der Waals surface area contributed by atoms with Gasteiger partial charge in [0.2, 0.25) is 0 Å². The first-order valence-corrected chi connectivity index (χ1v) is 4.69. The first-order chi connectivity index (χ1) is 5.81. The molecule has 0 aromatic carbocycles. The second kappa shape index (κ2) is 2.93. The van der Waals surface area contributed by atoms with E-state index >= 15 is 0 Å². The number of rotatable bonds is 1. The Kier molecular flexibility index (Phi) is 1.92. The molecule has 3 nitrogen and oxygen atoms in total. The van der Waals surface area contributed by atoms with Crippen LogP contribution in [0.25, 0.3) is 5.52 Å². The Hall–Kier alpha value is -0.780. The summed E-state index contributed by atoms with van der Waals surface area (Å²) in [5, 5.41) is 3.04. The van der Waals surface area contributed by atoms with Crippen molar-refractivity contribution in [2.75, 3.05) is 12.4 Å². The van der Waals surface area contributed by atoms with Gasteiger partial charge in [0.15, 0.2) is 5.82 Å². The fourth-order valence-corrected chi connectivity index (χ4v) is 1.61. The highest BCUT2D eigenvalue weighted by atomic mass is 127. The van der Waals surface area contributed by atoms with Crippen LogP contribution in [0.4, 0.5) is 5.82 Å². The van der Waals surface area contributed by atoms with Crippen LogP contribution >= 0.6 is 22.6 Å². The lowest BCUT2D eigenvalue weighted by molar-refractivity contribution is 1.15. The van der Waals surface area contributed by atoms with Gasteiger partial charge in [0, 0.05) is 16.8 Å². The molecule has 0 radical (unpaired) electrons. The van der Waals surface area contributed by atoms with Crippen LogP contribution in [0.1, 0.15) is 0 Å². The lowest BCUT2D eigenvalue weighted by Gasteiger charge is -1.96. The summed E-state index contributed by atoms with van der Waals surface area (Å²) in [5.74, 6) is 0.925. The van der Waals surface area contributed by atoms with Gasteiger partial charge in [-0.2, -0.15) is 0 Å². The van der Waals surface area contributed by atoms with Crippen LogP contribution < -0.4 is 5.32 Å². The molecular weight excluding hydrogens is 265 g/mol.